The van der Waals surface area contributed by atoms with Gasteiger partial charge < -0.3 is 5.32 Å². The summed E-state index contributed by atoms with van der Waals surface area (Å²) in [5.41, 5.74) is 1.37. The summed E-state index contributed by atoms with van der Waals surface area (Å²) in [7, 11) is 0. The van der Waals surface area contributed by atoms with E-state index in [1.54, 1.807) is 0 Å². The second-order valence-electron chi connectivity index (χ2n) is 4.97. The fraction of sp³-hybridized carbons (Fsp3) is 0.600. The van der Waals surface area contributed by atoms with Gasteiger partial charge in [-0.05, 0) is 49.4 Å². The normalized spacial score (nSPS) is 13.0. The zero-order valence-corrected chi connectivity index (χ0v) is 11.9. The lowest BCUT2D eigenvalue weighted by Crippen LogP contribution is -2.34. The van der Waals surface area contributed by atoms with Gasteiger partial charge in [-0.1, -0.05) is 44.5 Å². The van der Waals surface area contributed by atoms with Crippen molar-refractivity contribution in [3.05, 3.63) is 34.9 Å². The molecule has 0 aliphatic carbocycles. The van der Waals surface area contributed by atoms with Gasteiger partial charge in [0.2, 0.25) is 0 Å². The van der Waals surface area contributed by atoms with Crippen LogP contribution in [0.15, 0.2) is 24.3 Å². The summed E-state index contributed by atoms with van der Waals surface area (Å²) in [6, 6.07) is 8.81. The predicted octanol–water partition coefficient (Wildman–Crippen LogP) is 4.30. The van der Waals surface area contributed by atoms with E-state index in [2.05, 4.69) is 38.2 Å². The minimum atomic E-state index is 0.616. The standard InChI is InChI=1S/C15H24ClN/c1-4-11-17-15(12(2)3)10-7-13-5-8-14(16)9-6-13/h5-6,8-9,12,15,17H,4,7,10-11H2,1-3H3. The molecule has 1 unspecified atom stereocenters. The third kappa shape index (κ3) is 5.56. The highest BCUT2D eigenvalue weighted by molar-refractivity contribution is 6.30. The summed E-state index contributed by atoms with van der Waals surface area (Å²) in [6.07, 6.45) is 3.51. The van der Waals surface area contributed by atoms with Gasteiger partial charge in [0.05, 0.1) is 0 Å². The van der Waals surface area contributed by atoms with Gasteiger partial charge in [-0.2, -0.15) is 0 Å². The van der Waals surface area contributed by atoms with E-state index in [9.17, 15) is 0 Å². The Kier molecular flexibility index (Phi) is 6.61. The Balaban J connectivity index is 2.43. The molecule has 0 saturated carbocycles. The highest BCUT2D eigenvalue weighted by Gasteiger charge is 2.11. The molecule has 96 valence electrons. The SMILES string of the molecule is CCCNC(CCc1ccc(Cl)cc1)C(C)C. The van der Waals surface area contributed by atoms with Crippen molar-refractivity contribution in [2.45, 2.75) is 46.1 Å². The lowest BCUT2D eigenvalue weighted by Gasteiger charge is -2.22. The molecule has 1 aromatic carbocycles. The number of nitrogens with one attached hydrogen (secondary N) is 1. The van der Waals surface area contributed by atoms with Crippen LogP contribution in [0, 0.1) is 5.92 Å². The maximum Gasteiger partial charge on any atom is 0.0406 e. The molecular weight excluding hydrogens is 230 g/mol. The molecule has 1 rings (SSSR count). The first kappa shape index (κ1) is 14.5. The number of aryl methyl sites for hydroxylation is 1. The van der Waals surface area contributed by atoms with Crippen LogP contribution in [-0.2, 0) is 6.42 Å². The average Bonchev–Trinajstić information content (AvgIpc) is 2.31. The first-order chi connectivity index (χ1) is 8.13. The molecule has 0 aliphatic rings. The van der Waals surface area contributed by atoms with E-state index in [1.807, 2.05) is 12.1 Å². The van der Waals surface area contributed by atoms with Crippen LogP contribution in [0.25, 0.3) is 0 Å². The van der Waals surface area contributed by atoms with Crippen molar-refractivity contribution in [2.75, 3.05) is 6.54 Å². The molecule has 0 aromatic heterocycles. The first-order valence-electron chi connectivity index (χ1n) is 6.61. The Labute approximate surface area is 111 Å². The van der Waals surface area contributed by atoms with Gasteiger partial charge in [0.25, 0.3) is 0 Å². The lowest BCUT2D eigenvalue weighted by atomic mass is 9.96. The predicted molar refractivity (Wildman–Crippen MR) is 76.7 cm³/mol. The number of hydrogen-bond acceptors (Lipinski definition) is 1. The highest BCUT2D eigenvalue weighted by Crippen LogP contribution is 2.14. The molecule has 17 heavy (non-hydrogen) atoms. The quantitative estimate of drug-likeness (QED) is 0.764. The lowest BCUT2D eigenvalue weighted by molar-refractivity contribution is 0.378. The molecule has 0 amide bonds. The minimum absolute atomic E-state index is 0.616. The first-order valence-corrected chi connectivity index (χ1v) is 6.99. The van der Waals surface area contributed by atoms with E-state index in [1.165, 1.54) is 18.4 Å². The van der Waals surface area contributed by atoms with Crippen LogP contribution in [-0.4, -0.2) is 12.6 Å². The second kappa shape index (κ2) is 7.73. The molecule has 0 saturated heterocycles. The summed E-state index contributed by atoms with van der Waals surface area (Å²) < 4.78 is 0. The van der Waals surface area contributed by atoms with Crippen LogP contribution < -0.4 is 5.32 Å². The number of hydrogen-bond donors (Lipinski definition) is 1. The van der Waals surface area contributed by atoms with Crippen LogP contribution >= 0.6 is 11.6 Å². The van der Waals surface area contributed by atoms with E-state index >= 15 is 0 Å². The van der Waals surface area contributed by atoms with Crippen LogP contribution in [0.2, 0.25) is 5.02 Å². The molecule has 2 heteroatoms. The second-order valence-corrected chi connectivity index (χ2v) is 5.41. The topological polar surface area (TPSA) is 12.0 Å². The van der Waals surface area contributed by atoms with Gasteiger partial charge in [-0.25, -0.2) is 0 Å². The Morgan fingerprint density at radius 3 is 2.35 bits per heavy atom. The summed E-state index contributed by atoms with van der Waals surface area (Å²) in [5, 5.41) is 4.44. The number of benzene rings is 1. The van der Waals surface area contributed by atoms with E-state index < -0.39 is 0 Å². The maximum absolute atomic E-state index is 5.88. The highest BCUT2D eigenvalue weighted by atomic mass is 35.5. The average molecular weight is 254 g/mol. The smallest absolute Gasteiger partial charge is 0.0406 e. The van der Waals surface area contributed by atoms with Crippen LogP contribution in [0.1, 0.15) is 39.2 Å². The van der Waals surface area contributed by atoms with E-state index in [0.717, 1.165) is 18.0 Å². The van der Waals surface area contributed by atoms with Gasteiger partial charge in [-0.15, -0.1) is 0 Å². The van der Waals surface area contributed by atoms with Gasteiger partial charge in [0, 0.05) is 11.1 Å². The van der Waals surface area contributed by atoms with Crippen molar-refractivity contribution in [1.82, 2.24) is 5.32 Å². The van der Waals surface area contributed by atoms with Crippen LogP contribution in [0.4, 0.5) is 0 Å². The van der Waals surface area contributed by atoms with E-state index in [4.69, 9.17) is 11.6 Å². The largest absolute Gasteiger partial charge is 0.314 e. The summed E-state index contributed by atoms with van der Waals surface area (Å²) >= 11 is 5.88. The maximum atomic E-state index is 5.88. The Hall–Kier alpha value is -0.530. The molecule has 0 spiro atoms. The molecule has 0 aliphatic heterocycles. The van der Waals surface area contributed by atoms with Crippen molar-refractivity contribution < 1.29 is 0 Å². The minimum Gasteiger partial charge on any atom is -0.314 e. The van der Waals surface area contributed by atoms with Crippen molar-refractivity contribution >= 4 is 11.6 Å². The molecule has 0 bridgehead atoms. The van der Waals surface area contributed by atoms with Gasteiger partial charge >= 0.3 is 0 Å². The summed E-state index contributed by atoms with van der Waals surface area (Å²) in [5.74, 6) is 0.689. The van der Waals surface area contributed by atoms with Crippen molar-refractivity contribution in [3.8, 4) is 0 Å². The van der Waals surface area contributed by atoms with Crippen molar-refractivity contribution in [2.24, 2.45) is 5.92 Å². The van der Waals surface area contributed by atoms with Gasteiger partial charge in [0.1, 0.15) is 0 Å². The zero-order chi connectivity index (χ0) is 12.7. The Bertz CT molecular complexity index is 305. The number of halogens is 1. The van der Waals surface area contributed by atoms with Crippen LogP contribution in [0.3, 0.4) is 0 Å². The third-order valence-electron chi connectivity index (χ3n) is 3.12. The van der Waals surface area contributed by atoms with Crippen LogP contribution in [0.5, 0.6) is 0 Å². The number of rotatable bonds is 7. The van der Waals surface area contributed by atoms with Crippen molar-refractivity contribution in [3.63, 3.8) is 0 Å². The Morgan fingerprint density at radius 2 is 1.82 bits per heavy atom. The molecular formula is C15H24ClN. The molecule has 1 aromatic rings. The molecule has 0 heterocycles. The molecule has 1 nitrogen and oxygen atoms in total. The van der Waals surface area contributed by atoms with Crippen molar-refractivity contribution in [1.29, 1.82) is 0 Å². The molecule has 0 radical (unpaired) electrons. The van der Waals surface area contributed by atoms with E-state index in [0.29, 0.717) is 12.0 Å². The van der Waals surface area contributed by atoms with Gasteiger partial charge in [0.15, 0.2) is 0 Å². The summed E-state index contributed by atoms with van der Waals surface area (Å²) in [4.78, 5) is 0. The molecule has 1 N–H and O–H groups in total. The zero-order valence-electron chi connectivity index (χ0n) is 11.2. The fourth-order valence-corrected chi connectivity index (χ4v) is 2.10. The third-order valence-corrected chi connectivity index (χ3v) is 3.37. The molecule has 1 atom stereocenters. The van der Waals surface area contributed by atoms with E-state index in [-0.39, 0.29) is 0 Å². The Morgan fingerprint density at radius 1 is 1.18 bits per heavy atom. The monoisotopic (exact) mass is 253 g/mol. The van der Waals surface area contributed by atoms with Gasteiger partial charge in [-0.3, -0.25) is 0 Å². The fourth-order valence-electron chi connectivity index (χ4n) is 1.97. The summed E-state index contributed by atoms with van der Waals surface area (Å²) in [6.45, 7) is 7.90. The molecule has 0 fully saturated rings.